The number of aromatic hydroxyl groups is 1. The fraction of sp³-hybridized carbons (Fsp3) is 0.632. The minimum Gasteiger partial charge on any atom is -0.508 e. The molecule has 166 valence electrons. The van der Waals surface area contributed by atoms with Crippen LogP contribution < -0.4 is 10.1 Å². The average molecular weight is 530 g/mol. The molecule has 0 aromatic heterocycles. The molecular weight excluding hydrogens is 500 g/mol. The summed E-state index contributed by atoms with van der Waals surface area (Å²) in [5.41, 5.74) is 0.679. The molecule has 0 radical (unpaired) electrons. The van der Waals surface area contributed by atoms with Crippen molar-refractivity contribution in [1.82, 2.24) is 15.1 Å². The summed E-state index contributed by atoms with van der Waals surface area (Å²) in [5.74, 6) is 1.64. The Morgan fingerprint density at radius 1 is 1.41 bits per heavy atom. The fourth-order valence-corrected chi connectivity index (χ4v) is 3.44. The van der Waals surface area contributed by atoms with E-state index in [4.69, 9.17) is 4.74 Å². The second-order valence-electron chi connectivity index (χ2n) is 6.94. The van der Waals surface area contributed by atoms with Crippen LogP contribution in [-0.2, 0) is 6.54 Å². The van der Waals surface area contributed by atoms with E-state index in [1.165, 1.54) is 4.90 Å². The van der Waals surface area contributed by atoms with E-state index in [2.05, 4.69) is 10.3 Å². The van der Waals surface area contributed by atoms with Crippen LogP contribution in [0.15, 0.2) is 23.2 Å². The van der Waals surface area contributed by atoms with Crippen molar-refractivity contribution in [3.8, 4) is 11.5 Å². The van der Waals surface area contributed by atoms with Gasteiger partial charge in [-0.15, -0.1) is 24.0 Å². The van der Waals surface area contributed by atoms with E-state index in [1.54, 1.807) is 39.3 Å². The van der Waals surface area contributed by atoms with E-state index >= 15 is 0 Å². The van der Waals surface area contributed by atoms with Crippen LogP contribution in [0.25, 0.3) is 0 Å². The quantitative estimate of drug-likeness (QED) is 0.322. The second-order valence-corrected chi connectivity index (χ2v) is 6.94. The molecule has 6 nitrogen and oxygen atoms in total. The molecule has 1 atom stereocenters. The predicted molar refractivity (Wildman–Crippen MR) is 118 cm³/mol. The highest BCUT2D eigenvalue weighted by Crippen LogP contribution is 2.24. The van der Waals surface area contributed by atoms with Crippen molar-refractivity contribution in [3.63, 3.8) is 0 Å². The van der Waals surface area contributed by atoms with E-state index < -0.39 is 12.7 Å². The van der Waals surface area contributed by atoms with Gasteiger partial charge in [-0.3, -0.25) is 9.89 Å². The molecule has 1 saturated heterocycles. The Kier molecular flexibility index (Phi) is 10.3. The third-order valence-corrected chi connectivity index (χ3v) is 4.89. The Balaban J connectivity index is 0.00000420. The number of nitrogens with zero attached hydrogens (tertiary/aromatic N) is 3. The first-order chi connectivity index (χ1) is 13.3. The molecule has 1 heterocycles. The first-order valence-electron chi connectivity index (χ1n) is 9.36. The lowest BCUT2D eigenvalue weighted by Crippen LogP contribution is -2.41. The number of benzene rings is 1. The van der Waals surface area contributed by atoms with Crippen molar-refractivity contribution in [2.75, 3.05) is 46.9 Å². The SMILES string of the molecule is CCN(CC1CCN(C(=NC)NCc2cc(OC)ccc2O)C1)CC(F)(F)F.I. The number of nitrogens with one attached hydrogen (secondary N) is 1. The van der Waals surface area contributed by atoms with Gasteiger partial charge < -0.3 is 20.1 Å². The number of phenolic OH excluding ortho intramolecular Hbond substituents is 1. The van der Waals surface area contributed by atoms with E-state index in [0.717, 1.165) is 13.0 Å². The van der Waals surface area contributed by atoms with E-state index in [1.807, 2.05) is 4.90 Å². The van der Waals surface area contributed by atoms with Gasteiger partial charge >= 0.3 is 6.18 Å². The first kappa shape index (κ1) is 25.6. The van der Waals surface area contributed by atoms with Gasteiger partial charge in [0.05, 0.1) is 13.7 Å². The lowest BCUT2D eigenvalue weighted by atomic mass is 10.1. The molecule has 0 amide bonds. The summed E-state index contributed by atoms with van der Waals surface area (Å²) >= 11 is 0. The predicted octanol–water partition coefficient (Wildman–Crippen LogP) is 3.30. The van der Waals surface area contributed by atoms with Crippen LogP contribution in [0, 0.1) is 5.92 Å². The van der Waals surface area contributed by atoms with Crippen LogP contribution in [0.5, 0.6) is 11.5 Å². The molecule has 0 saturated carbocycles. The van der Waals surface area contributed by atoms with E-state index in [0.29, 0.717) is 43.5 Å². The number of aliphatic imine (C=N–C) groups is 1. The lowest BCUT2D eigenvalue weighted by Gasteiger charge is -2.26. The number of alkyl halides is 3. The van der Waals surface area contributed by atoms with Gasteiger partial charge in [-0.1, -0.05) is 6.92 Å². The third-order valence-electron chi connectivity index (χ3n) is 4.89. The average Bonchev–Trinajstić information content (AvgIpc) is 3.10. The Labute approximate surface area is 187 Å². The molecule has 1 unspecified atom stereocenters. The van der Waals surface area contributed by atoms with Crippen LogP contribution in [0.2, 0.25) is 0 Å². The number of hydrogen-bond donors (Lipinski definition) is 2. The van der Waals surface area contributed by atoms with Gasteiger partial charge in [0, 0.05) is 38.8 Å². The molecule has 0 spiro atoms. The standard InChI is InChI=1S/C19H29F3N4O2.HI/c1-4-25(13-19(20,21)22)11-14-7-8-26(12-14)18(23-2)24-10-15-9-16(28-3)5-6-17(15)27;/h5-6,9,14,27H,4,7-8,10-13H2,1-3H3,(H,23,24);1H. The van der Waals surface area contributed by atoms with Crippen molar-refractivity contribution < 1.29 is 23.0 Å². The topological polar surface area (TPSA) is 60.3 Å². The van der Waals surface area contributed by atoms with Gasteiger partial charge in [-0.2, -0.15) is 13.2 Å². The molecule has 0 bridgehead atoms. The number of likely N-dealkylation sites (tertiary alicyclic amines) is 1. The van der Waals surface area contributed by atoms with Crippen molar-refractivity contribution in [3.05, 3.63) is 23.8 Å². The largest absolute Gasteiger partial charge is 0.508 e. The Hall–Kier alpha value is -1.43. The molecular formula is C19H30F3IN4O2. The molecule has 29 heavy (non-hydrogen) atoms. The highest BCUT2D eigenvalue weighted by molar-refractivity contribution is 14.0. The zero-order valence-electron chi connectivity index (χ0n) is 17.0. The Morgan fingerprint density at radius 2 is 2.14 bits per heavy atom. The minimum absolute atomic E-state index is 0. The zero-order chi connectivity index (χ0) is 20.7. The first-order valence-corrected chi connectivity index (χ1v) is 9.36. The summed E-state index contributed by atoms with van der Waals surface area (Å²) < 4.78 is 43.2. The van der Waals surface area contributed by atoms with Gasteiger partial charge in [0.25, 0.3) is 0 Å². The number of rotatable bonds is 7. The van der Waals surface area contributed by atoms with Crippen LogP contribution in [0.3, 0.4) is 0 Å². The smallest absolute Gasteiger partial charge is 0.401 e. The number of ether oxygens (including phenoxy) is 1. The number of methoxy groups -OCH3 is 1. The number of halogens is 4. The number of guanidine groups is 1. The van der Waals surface area contributed by atoms with Crippen molar-refractivity contribution in [2.24, 2.45) is 10.9 Å². The van der Waals surface area contributed by atoms with Crippen molar-refractivity contribution in [2.45, 2.75) is 26.1 Å². The number of phenols is 1. The molecule has 1 aromatic carbocycles. The summed E-state index contributed by atoms with van der Waals surface area (Å²) in [4.78, 5) is 7.76. The Morgan fingerprint density at radius 3 is 2.72 bits per heavy atom. The second kappa shape index (κ2) is 11.7. The van der Waals surface area contributed by atoms with Crippen molar-refractivity contribution in [1.29, 1.82) is 0 Å². The van der Waals surface area contributed by atoms with Gasteiger partial charge in [-0.05, 0) is 37.1 Å². The molecule has 2 N–H and O–H groups in total. The van der Waals surface area contributed by atoms with E-state index in [9.17, 15) is 18.3 Å². The lowest BCUT2D eigenvalue weighted by molar-refractivity contribution is -0.146. The molecule has 1 aliphatic rings. The van der Waals surface area contributed by atoms with Gasteiger partial charge in [0.15, 0.2) is 5.96 Å². The third kappa shape index (κ3) is 8.07. The highest BCUT2D eigenvalue weighted by atomic mass is 127. The van der Waals surface area contributed by atoms with Gasteiger partial charge in [0.1, 0.15) is 11.5 Å². The number of hydrogen-bond acceptors (Lipinski definition) is 4. The maximum atomic E-state index is 12.7. The summed E-state index contributed by atoms with van der Waals surface area (Å²) in [5, 5.41) is 13.2. The summed E-state index contributed by atoms with van der Waals surface area (Å²) in [6.07, 6.45) is -3.36. The fourth-order valence-electron chi connectivity index (χ4n) is 3.44. The molecule has 2 rings (SSSR count). The van der Waals surface area contributed by atoms with Crippen molar-refractivity contribution >= 4 is 29.9 Å². The zero-order valence-corrected chi connectivity index (χ0v) is 19.3. The Bertz CT molecular complexity index is 673. The molecule has 1 fully saturated rings. The van der Waals surface area contributed by atoms with Crippen LogP contribution in [0.4, 0.5) is 13.2 Å². The summed E-state index contributed by atoms with van der Waals surface area (Å²) in [6, 6.07) is 5.00. The molecule has 1 aromatic rings. The minimum atomic E-state index is -4.18. The van der Waals surface area contributed by atoms with Crippen LogP contribution >= 0.6 is 24.0 Å². The molecule has 1 aliphatic heterocycles. The maximum Gasteiger partial charge on any atom is 0.401 e. The van der Waals surface area contributed by atoms with Crippen LogP contribution in [-0.4, -0.2) is 73.9 Å². The highest BCUT2D eigenvalue weighted by Gasteiger charge is 2.33. The monoisotopic (exact) mass is 530 g/mol. The van der Waals surface area contributed by atoms with Gasteiger partial charge in [0.2, 0.25) is 0 Å². The van der Waals surface area contributed by atoms with Crippen LogP contribution in [0.1, 0.15) is 18.9 Å². The van der Waals surface area contributed by atoms with E-state index in [-0.39, 0.29) is 35.6 Å². The molecule has 0 aliphatic carbocycles. The summed E-state index contributed by atoms with van der Waals surface area (Å²) in [6.45, 7) is 3.42. The maximum absolute atomic E-state index is 12.7. The molecule has 10 heteroatoms. The normalized spacial score (nSPS) is 17.4. The summed E-state index contributed by atoms with van der Waals surface area (Å²) in [7, 11) is 3.23. The van der Waals surface area contributed by atoms with Gasteiger partial charge in [-0.25, -0.2) is 0 Å².